The quantitative estimate of drug-likeness (QED) is 0.820. The van der Waals surface area contributed by atoms with Crippen LogP contribution >= 0.6 is 0 Å². The summed E-state index contributed by atoms with van der Waals surface area (Å²) in [6, 6.07) is 0.166. The van der Waals surface area contributed by atoms with Gasteiger partial charge in [0.15, 0.2) is 9.84 Å². The molecule has 1 amide bonds. The van der Waals surface area contributed by atoms with Crippen LogP contribution in [0.2, 0.25) is 0 Å². The van der Waals surface area contributed by atoms with Gasteiger partial charge in [-0.05, 0) is 19.8 Å². The van der Waals surface area contributed by atoms with E-state index in [9.17, 15) is 13.2 Å². The van der Waals surface area contributed by atoms with Gasteiger partial charge >= 0.3 is 0 Å². The molecule has 0 spiro atoms. The van der Waals surface area contributed by atoms with Gasteiger partial charge in [0.05, 0.1) is 11.5 Å². The van der Waals surface area contributed by atoms with E-state index in [1.807, 2.05) is 11.8 Å². The Labute approximate surface area is 115 Å². The first-order valence-electron chi connectivity index (χ1n) is 7.25. The number of amides is 1. The zero-order valence-corrected chi connectivity index (χ0v) is 12.4. The van der Waals surface area contributed by atoms with Crippen LogP contribution in [-0.2, 0) is 14.6 Å². The fourth-order valence-corrected chi connectivity index (χ4v) is 4.62. The predicted molar refractivity (Wildman–Crippen MR) is 74.7 cm³/mol. The Morgan fingerprint density at radius 3 is 2.58 bits per heavy atom. The van der Waals surface area contributed by atoms with Crippen LogP contribution in [0.15, 0.2) is 0 Å². The van der Waals surface area contributed by atoms with Crippen LogP contribution in [0.5, 0.6) is 0 Å². The smallest absolute Gasteiger partial charge is 0.224 e. The molecule has 1 saturated heterocycles. The average molecular weight is 288 g/mol. The van der Waals surface area contributed by atoms with Crippen molar-refractivity contribution in [3.05, 3.63) is 0 Å². The number of sulfone groups is 1. The van der Waals surface area contributed by atoms with Crippen molar-refractivity contribution in [2.45, 2.75) is 51.1 Å². The third-order valence-electron chi connectivity index (χ3n) is 4.15. The van der Waals surface area contributed by atoms with Crippen molar-refractivity contribution in [1.82, 2.24) is 10.2 Å². The van der Waals surface area contributed by atoms with Crippen molar-refractivity contribution in [2.24, 2.45) is 0 Å². The van der Waals surface area contributed by atoms with Gasteiger partial charge in [-0.3, -0.25) is 4.79 Å². The number of rotatable bonds is 4. The van der Waals surface area contributed by atoms with E-state index in [-0.39, 0.29) is 23.5 Å². The standard InChI is InChI=1S/C13H24N2O3S/c1-2-15(12-5-3-4-6-12)13(16)9-11-10-19(17,18)8-7-14-11/h11-12,14H,2-10H2,1H3. The minimum atomic E-state index is -2.96. The van der Waals surface area contributed by atoms with Gasteiger partial charge in [-0.2, -0.15) is 0 Å². The minimum absolute atomic E-state index is 0.0982. The molecule has 5 nitrogen and oxygen atoms in total. The van der Waals surface area contributed by atoms with Crippen LogP contribution in [0, 0.1) is 0 Å². The maximum Gasteiger partial charge on any atom is 0.224 e. The Kier molecular flexibility index (Phi) is 4.84. The Morgan fingerprint density at radius 1 is 1.32 bits per heavy atom. The van der Waals surface area contributed by atoms with Crippen LogP contribution < -0.4 is 5.32 Å². The van der Waals surface area contributed by atoms with E-state index in [0.29, 0.717) is 19.0 Å². The molecule has 0 aromatic rings. The van der Waals surface area contributed by atoms with Crippen LogP contribution in [0.4, 0.5) is 0 Å². The lowest BCUT2D eigenvalue weighted by Gasteiger charge is -2.30. The summed E-state index contributed by atoms with van der Waals surface area (Å²) >= 11 is 0. The molecular weight excluding hydrogens is 264 g/mol. The second-order valence-corrected chi connectivity index (χ2v) is 7.82. The number of carbonyl (C=O) groups excluding carboxylic acids is 1. The van der Waals surface area contributed by atoms with Crippen molar-refractivity contribution in [3.63, 3.8) is 0 Å². The highest BCUT2D eigenvalue weighted by atomic mass is 32.2. The van der Waals surface area contributed by atoms with Gasteiger partial charge < -0.3 is 10.2 Å². The van der Waals surface area contributed by atoms with Gasteiger partial charge in [0.25, 0.3) is 0 Å². The molecule has 0 aromatic heterocycles. The molecule has 110 valence electrons. The molecule has 1 unspecified atom stereocenters. The van der Waals surface area contributed by atoms with Crippen molar-refractivity contribution in [1.29, 1.82) is 0 Å². The average Bonchev–Trinajstić information content (AvgIpc) is 2.82. The Hall–Kier alpha value is -0.620. The third kappa shape index (κ3) is 3.92. The lowest BCUT2D eigenvalue weighted by atomic mass is 10.1. The number of hydrogen-bond acceptors (Lipinski definition) is 4. The predicted octanol–water partition coefficient (Wildman–Crippen LogP) is 0.554. The molecule has 1 N–H and O–H groups in total. The SMILES string of the molecule is CCN(C(=O)CC1CS(=O)(=O)CCN1)C1CCCC1. The first kappa shape index (κ1) is 14.8. The molecule has 1 saturated carbocycles. The highest BCUT2D eigenvalue weighted by molar-refractivity contribution is 7.91. The Bertz CT molecular complexity index is 416. The molecule has 0 bridgehead atoms. The zero-order chi connectivity index (χ0) is 13.9. The van der Waals surface area contributed by atoms with Crippen molar-refractivity contribution >= 4 is 15.7 Å². The molecule has 19 heavy (non-hydrogen) atoms. The summed E-state index contributed by atoms with van der Waals surface area (Å²) in [7, 11) is -2.96. The monoisotopic (exact) mass is 288 g/mol. The van der Waals surface area contributed by atoms with E-state index < -0.39 is 9.84 Å². The van der Waals surface area contributed by atoms with E-state index in [1.165, 1.54) is 12.8 Å². The van der Waals surface area contributed by atoms with Gasteiger partial charge in [-0.1, -0.05) is 12.8 Å². The highest BCUT2D eigenvalue weighted by Gasteiger charge is 2.30. The van der Waals surface area contributed by atoms with Gasteiger partial charge in [-0.15, -0.1) is 0 Å². The maximum absolute atomic E-state index is 12.3. The highest BCUT2D eigenvalue weighted by Crippen LogP contribution is 2.24. The second-order valence-electron chi connectivity index (χ2n) is 5.59. The Morgan fingerprint density at radius 2 is 2.00 bits per heavy atom. The summed E-state index contributed by atoms with van der Waals surface area (Å²) in [5.74, 6) is 0.391. The van der Waals surface area contributed by atoms with Crippen LogP contribution in [0.25, 0.3) is 0 Å². The summed E-state index contributed by atoms with van der Waals surface area (Å²) in [5, 5.41) is 3.15. The number of nitrogens with zero attached hydrogens (tertiary/aromatic N) is 1. The third-order valence-corrected chi connectivity index (χ3v) is 5.89. The molecule has 1 aliphatic carbocycles. The molecule has 2 aliphatic rings. The van der Waals surface area contributed by atoms with Gasteiger partial charge in [-0.25, -0.2) is 8.42 Å². The lowest BCUT2D eigenvalue weighted by Crippen LogP contribution is -2.49. The summed E-state index contributed by atoms with van der Waals surface area (Å²) in [5.41, 5.74) is 0. The molecular formula is C13H24N2O3S. The molecule has 1 heterocycles. The molecule has 0 aromatic carbocycles. The van der Waals surface area contributed by atoms with Crippen LogP contribution in [0.3, 0.4) is 0 Å². The van der Waals surface area contributed by atoms with Gasteiger partial charge in [0, 0.05) is 31.6 Å². The largest absolute Gasteiger partial charge is 0.340 e. The second kappa shape index (κ2) is 6.22. The normalized spacial score (nSPS) is 27.3. The van der Waals surface area contributed by atoms with Crippen LogP contribution in [0.1, 0.15) is 39.0 Å². The molecule has 6 heteroatoms. The van der Waals surface area contributed by atoms with Crippen molar-refractivity contribution < 1.29 is 13.2 Å². The fraction of sp³-hybridized carbons (Fsp3) is 0.923. The van der Waals surface area contributed by atoms with E-state index in [4.69, 9.17) is 0 Å². The van der Waals surface area contributed by atoms with E-state index in [2.05, 4.69) is 5.32 Å². The first-order valence-corrected chi connectivity index (χ1v) is 9.07. The van der Waals surface area contributed by atoms with E-state index >= 15 is 0 Å². The molecule has 1 aliphatic heterocycles. The summed E-state index contributed by atoms with van der Waals surface area (Å²) in [6.07, 6.45) is 4.89. The Balaban J connectivity index is 1.91. The minimum Gasteiger partial charge on any atom is -0.340 e. The van der Waals surface area contributed by atoms with Crippen LogP contribution in [-0.4, -0.2) is 55.9 Å². The summed E-state index contributed by atoms with van der Waals surface area (Å²) < 4.78 is 23.1. The zero-order valence-electron chi connectivity index (χ0n) is 11.6. The molecule has 2 fully saturated rings. The fourth-order valence-electron chi connectivity index (χ4n) is 3.18. The molecule has 1 atom stereocenters. The maximum atomic E-state index is 12.3. The molecule has 0 radical (unpaired) electrons. The summed E-state index contributed by atoms with van der Waals surface area (Å²) in [6.45, 7) is 3.19. The van der Waals surface area contributed by atoms with Gasteiger partial charge in [0.2, 0.25) is 5.91 Å². The number of hydrogen-bond donors (Lipinski definition) is 1. The lowest BCUT2D eigenvalue weighted by molar-refractivity contribution is -0.133. The first-order chi connectivity index (χ1) is 9.02. The number of carbonyl (C=O) groups is 1. The molecule has 2 rings (SSSR count). The van der Waals surface area contributed by atoms with E-state index in [0.717, 1.165) is 19.4 Å². The van der Waals surface area contributed by atoms with E-state index in [1.54, 1.807) is 0 Å². The number of nitrogens with one attached hydrogen (secondary N) is 1. The topological polar surface area (TPSA) is 66.5 Å². The van der Waals surface area contributed by atoms with Gasteiger partial charge in [0.1, 0.15) is 0 Å². The summed E-state index contributed by atoms with van der Waals surface area (Å²) in [4.78, 5) is 14.3. The van der Waals surface area contributed by atoms with Crippen molar-refractivity contribution in [3.8, 4) is 0 Å². The van der Waals surface area contributed by atoms with Crippen molar-refractivity contribution in [2.75, 3.05) is 24.6 Å².